The van der Waals surface area contributed by atoms with Crippen LogP contribution in [0.15, 0.2) is 0 Å². The highest BCUT2D eigenvalue weighted by molar-refractivity contribution is 5.80. The van der Waals surface area contributed by atoms with Gasteiger partial charge in [0, 0.05) is 19.2 Å². The van der Waals surface area contributed by atoms with E-state index in [2.05, 4.69) is 17.1 Å². The Bertz CT molecular complexity index is 323. The van der Waals surface area contributed by atoms with Crippen molar-refractivity contribution in [2.75, 3.05) is 33.4 Å². The minimum Gasteiger partial charge on any atom is -0.468 e. The monoisotopic (exact) mass is 300 g/mol. The molecule has 3 atom stereocenters. The molecule has 1 heterocycles. The van der Waals surface area contributed by atoms with Crippen LogP contribution in [0.5, 0.6) is 0 Å². The molecule has 124 valence electrons. The molecule has 1 saturated heterocycles. The number of rotatable bonds is 8. The number of hydrogen-bond donors (Lipinski definition) is 1. The molecule has 0 bridgehead atoms. The summed E-state index contributed by atoms with van der Waals surface area (Å²) >= 11 is 0. The fourth-order valence-electron chi connectivity index (χ4n) is 3.30. The van der Waals surface area contributed by atoms with Gasteiger partial charge in [-0.25, -0.2) is 0 Å². The third-order valence-corrected chi connectivity index (χ3v) is 4.34. The molecule has 1 aliphatic rings. The van der Waals surface area contributed by atoms with Gasteiger partial charge in [0.15, 0.2) is 0 Å². The van der Waals surface area contributed by atoms with Gasteiger partial charge in [-0.2, -0.15) is 0 Å². The van der Waals surface area contributed by atoms with Crippen molar-refractivity contribution in [1.82, 2.24) is 10.2 Å². The van der Waals surface area contributed by atoms with Gasteiger partial charge in [0.1, 0.15) is 5.54 Å². The van der Waals surface area contributed by atoms with Crippen molar-refractivity contribution in [2.24, 2.45) is 0 Å². The minimum atomic E-state index is -0.624. The van der Waals surface area contributed by atoms with Gasteiger partial charge in [0.2, 0.25) is 0 Å². The van der Waals surface area contributed by atoms with Crippen molar-refractivity contribution < 1.29 is 14.3 Å². The zero-order chi connectivity index (χ0) is 15.9. The normalized spacial score (nSPS) is 24.3. The summed E-state index contributed by atoms with van der Waals surface area (Å²) in [4.78, 5) is 14.5. The third kappa shape index (κ3) is 5.24. The van der Waals surface area contributed by atoms with Gasteiger partial charge in [-0.15, -0.1) is 0 Å². The number of methoxy groups -OCH3 is 1. The van der Waals surface area contributed by atoms with E-state index in [4.69, 9.17) is 9.47 Å². The van der Waals surface area contributed by atoms with Crippen molar-refractivity contribution in [3.05, 3.63) is 0 Å². The van der Waals surface area contributed by atoms with Crippen molar-refractivity contribution in [3.8, 4) is 0 Å². The molecule has 5 heteroatoms. The van der Waals surface area contributed by atoms with Crippen LogP contribution in [0.3, 0.4) is 0 Å². The number of nitrogens with one attached hydrogen (secondary N) is 1. The number of carbonyl (C=O) groups excluding carboxylic acids is 1. The maximum Gasteiger partial charge on any atom is 0.325 e. The Balaban J connectivity index is 2.64. The first-order valence-corrected chi connectivity index (χ1v) is 8.15. The van der Waals surface area contributed by atoms with E-state index in [1.807, 2.05) is 20.8 Å². The number of likely N-dealkylation sites (N-methyl/N-ethyl adjacent to an activating group) is 1. The largest absolute Gasteiger partial charge is 0.468 e. The maximum atomic E-state index is 12.1. The van der Waals surface area contributed by atoms with Crippen LogP contribution >= 0.6 is 0 Å². The molecule has 0 aromatic carbocycles. The highest BCUT2D eigenvalue weighted by atomic mass is 16.5. The summed E-state index contributed by atoms with van der Waals surface area (Å²) in [5.41, 5.74) is -0.624. The van der Waals surface area contributed by atoms with Crippen molar-refractivity contribution in [1.29, 1.82) is 0 Å². The molecule has 0 spiro atoms. The lowest BCUT2D eigenvalue weighted by molar-refractivity contribution is -0.149. The van der Waals surface area contributed by atoms with Gasteiger partial charge in [-0.3, -0.25) is 9.69 Å². The molecular weight excluding hydrogens is 268 g/mol. The second kappa shape index (κ2) is 8.71. The number of likely N-dealkylation sites (tertiary alicyclic amines) is 1. The summed E-state index contributed by atoms with van der Waals surface area (Å²) in [6.45, 7) is 11.7. The summed E-state index contributed by atoms with van der Waals surface area (Å²) in [5.74, 6) is -0.186. The number of piperidine rings is 1. The standard InChI is InChI=1S/C16H32N2O3/c1-6-17-16(4,15(19)20-5)11-13(3)18-10-8-9-14(12-18)21-7-2/h13-14,17H,6-12H2,1-5H3. The van der Waals surface area contributed by atoms with Gasteiger partial charge < -0.3 is 14.8 Å². The molecular formula is C16H32N2O3. The Morgan fingerprint density at radius 1 is 1.48 bits per heavy atom. The summed E-state index contributed by atoms with van der Waals surface area (Å²) < 4.78 is 10.7. The highest BCUT2D eigenvalue weighted by Gasteiger charge is 2.37. The van der Waals surface area contributed by atoms with E-state index in [9.17, 15) is 4.79 Å². The molecule has 1 N–H and O–H groups in total. The quantitative estimate of drug-likeness (QED) is 0.693. The number of ether oxygens (including phenoxy) is 2. The van der Waals surface area contributed by atoms with Crippen LogP contribution in [0.2, 0.25) is 0 Å². The van der Waals surface area contributed by atoms with E-state index in [1.165, 1.54) is 7.11 Å². The first kappa shape index (κ1) is 18.4. The van der Waals surface area contributed by atoms with Gasteiger partial charge >= 0.3 is 5.97 Å². The van der Waals surface area contributed by atoms with E-state index >= 15 is 0 Å². The van der Waals surface area contributed by atoms with Crippen LogP contribution in [-0.4, -0.2) is 61.9 Å². The van der Waals surface area contributed by atoms with E-state index in [1.54, 1.807) is 0 Å². The zero-order valence-electron chi connectivity index (χ0n) is 14.3. The lowest BCUT2D eigenvalue weighted by atomic mass is 9.91. The minimum absolute atomic E-state index is 0.186. The zero-order valence-corrected chi connectivity index (χ0v) is 14.3. The molecule has 0 saturated carbocycles. The highest BCUT2D eigenvalue weighted by Crippen LogP contribution is 2.22. The summed E-state index contributed by atoms with van der Waals surface area (Å²) in [6, 6.07) is 0.316. The van der Waals surface area contributed by atoms with Gasteiger partial charge in [-0.1, -0.05) is 6.92 Å². The Morgan fingerprint density at radius 3 is 2.76 bits per heavy atom. The molecule has 3 unspecified atom stereocenters. The van der Waals surface area contributed by atoms with Gasteiger partial charge in [0.25, 0.3) is 0 Å². The number of esters is 1. The summed E-state index contributed by atoms with van der Waals surface area (Å²) in [5, 5.41) is 3.28. The molecule has 0 aromatic rings. The van der Waals surface area contributed by atoms with Crippen molar-refractivity contribution >= 4 is 5.97 Å². The molecule has 0 aliphatic carbocycles. The first-order valence-electron chi connectivity index (χ1n) is 8.15. The van der Waals surface area contributed by atoms with Crippen molar-refractivity contribution in [3.63, 3.8) is 0 Å². The third-order valence-electron chi connectivity index (χ3n) is 4.34. The van der Waals surface area contributed by atoms with Crippen LogP contribution in [0.4, 0.5) is 0 Å². The average molecular weight is 300 g/mol. The Kier molecular flexibility index (Phi) is 7.63. The molecule has 1 fully saturated rings. The Hall–Kier alpha value is -0.650. The lowest BCUT2D eigenvalue weighted by Crippen LogP contribution is -2.55. The second-order valence-corrected chi connectivity index (χ2v) is 6.12. The van der Waals surface area contributed by atoms with E-state index in [0.717, 1.165) is 45.5 Å². The Morgan fingerprint density at radius 2 is 2.19 bits per heavy atom. The summed E-state index contributed by atoms with van der Waals surface area (Å²) in [6.07, 6.45) is 3.37. The van der Waals surface area contributed by atoms with Crippen molar-refractivity contribution in [2.45, 2.75) is 64.6 Å². The van der Waals surface area contributed by atoms with Gasteiger partial charge in [-0.05, 0) is 53.1 Å². The Labute approximate surface area is 129 Å². The fourth-order valence-corrected chi connectivity index (χ4v) is 3.30. The van der Waals surface area contributed by atoms with Crippen LogP contribution in [0.25, 0.3) is 0 Å². The SMILES string of the molecule is CCNC(C)(CC(C)N1CCCC(OCC)C1)C(=O)OC. The van der Waals surface area contributed by atoms with Crippen LogP contribution < -0.4 is 5.32 Å². The first-order chi connectivity index (χ1) is 9.96. The fraction of sp³-hybridized carbons (Fsp3) is 0.938. The maximum absolute atomic E-state index is 12.1. The molecule has 0 amide bonds. The summed E-state index contributed by atoms with van der Waals surface area (Å²) in [7, 11) is 1.45. The molecule has 0 aromatic heterocycles. The van der Waals surface area contributed by atoms with E-state index in [-0.39, 0.29) is 5.97 Å². The van der Waals surface area contributed by atoms with Crippen LogP contribution in [0, 0.1) is 0 Å². The number of hydrogen-bond acceptors (Lipinski definition) is 5. The molecule has 0 radical (unpaired) electrons. The predicted octanol–water partition coefficient (Wildman–Crippen LogP) is 1.81. The number of carbonyl (C=O) groups is 1. The predicted molar refractivity (Wildman–Crippen MR) is 84.4 cm³/mol. The van der Waals surface area contributed by atoms with Crippen LogP contribution in [-0.2, 0) is 14.3 Å². The van der Waals surface area contributed by atoms with Crippen LogP contribution in [0.1, 0.15) is 47.0 Å². The lowest BCUT2D eigenvalue weighted by Gasteiger charge is -2.40. The molecule has 1 aliphatic heterocycles. The number of nitrogens with zero attached hydrogens (tertiary/aromatic N) is 1. The second-order valence-electron chi connectivity index (χ2n) is 6.12. The molecule has 5 nitrogen and oxygen atoms in total. The smallest absolute Gasteiger partial charge is 0.325 e. The molecule has 21 heavy (non-hydrogen) atoms. The van der Waals surface area contributed by atoms with E-state index < -0.39 is 5.54 Å². The molecule has 1 rings (SSSR count). The van der Waals surface area contributed by atoms with Gasteiger partial charge in [0.05, 0.1) is 13.2 Å². The topological polar surface area (TPSA) is 50.8 Å². The van der Waals surface area contributed by atoms with E-state index in [0.29, 0.717) is 12.1 Å². The average Bonchev–Trinajstić information content (AvgIpc) is 2.47.